The van der Waals surface area contributed by atoms with Gasteiger partial charge in [0.05, 0.1) is 0 Å². The van der Waals surface area contributed by atoms with Gasteiger partial charge in [0.25, 0.3) is 0 Å². The van der Waals surface area contributed by atoms with Crippen molar-refractivity contribution >= 4 is 75.4 Å². The van der Waals surface area contributed by atoms with Crippen LogP contribution in [0.2, 0.25) is 0 Å². The van der Waals surface area contributed by atoms with Crippen LogP contribution < -0.4 is 0 Å². The van der Waals surface area contributed by atoms with E-state index in [4.69, 9.17) is 23.8 Å². The van der Waals surface area contributed by atoms with E-state index in [9.17, 15) is 0 Å². The van der Waals surface area contributed by atoms with Crippen molar-refractivity contribution in [1.82, 2.24) is 15.0 Å². The minimum absolute atomic E-state index is 0.589. The van der Waals surface area contributed by atoms with Gasteiger partial charge in [-0.15, -0.1) is 11.3 Å². The maximum atomic E-state index is 6.50. The normalized spacial score (nSPS) is 11.9. The van der Waals surface area contributed by atoms with Gasteiger partial charge >= 0.3 is 0 Å². The van der Waals surface area contributed by atoms with Crippen LogP contribution >= 0.6 is 11.3 Å². The van der Waals surface area contributed by atoms with Gasteiger partial charge in [0.15, 0.2) is 17.5 Å². The van der Waals surface area contributed by atoms with Crippen LogP contribution in [-0.2, 0) is 0 Å². The summed E-state index contributed by atoms with van der Waals surface area (Å²) in [7, 11) is 0. The lowest BCUT2D eigenvalue weighted by atomic mass is 9.95. The summed E-state index contributed by atoms with van der Waals surface area (Å²) in [6.07, 6.45) is 0. The van der Waals surface area contributed by atoms with Crippen molar-refractivity contribution in [3.63, 3.8) is 0 Å². The van der Waals surface area contributed by atoms with Gasteiger partial charge in [0, 0.05) is 58.4 Å². The number of rotatable bonds is 5. The molecule has 12 rings (SSSR count). The highest BCUT2D eigenvalue weighted by molar-refractivity contribution is 7.25. The Labute approximate surface area is 330 Å². The molecule has 0 aliphatic heterocycles. The fourth-order valence-corrected chi connectivity index (χ4v) is 9.41. The number of fused-ring (bicyclic) bond motifs is 9. The number of furan rings is 2. The standard InChI is InChI=1S/C51H29N3O2S/c1-3-11-30(12-4-1)49-52-50(31-13-5-2-6-14-31)54-51(53-49)38-17-10-19-44-48(38)40-28-34(23-26-42(40)56-44)35-16-9-18-43-47(35)39-27-32(22-25-41(39)55-43)33-21-24-37-36-15-7-8-20-45(36)57-46(37)29-33/h1-29H. The van der Waals surface area contributed by atoms with E-state index >= 15 is 0 Å². The van der Waals surface area contributed by atoms with Gasteiger partial charge in [-0.3, -0.25) is 0 Å². The monoisotopic (exact) mass is 747 g/mol. The number of aromatic nitrogens is 3. The maximum absolute atomic E-state index is 6.50. The molecule has 4 aromatic heterocycles. The number of thiophene rings is 1. The van der Waals surface area contributed by atoms with E-state index in [2.05, 4.69) is 103 Å². The molecule has 0 bridgehead atoms. The van der Waals surface area contributed by atoms with Crippen LogP contribution in [0.5, 0.6) is 0 Å². The molecule has 0 atom stereocenters. The van der Waals surface area contributed by atoms with Gasteiger partial charge in [-0.05, 0) is 70.8 Å². The summed E-state index contributed by atoms with van der Waals surface area (Å²) < 4.78 is 15.6. The first-order valence-electron chi connectivity index (χ1n) is 18.9. The molecule has 6 heteroatoms. The predicted octanol–water partition coefficient (Wildman–Crippen LogP) is 14.4. The highest BCUT2D eigenvalue weighted by Crippen LogP contribution is 2.43. The molecule has 0 spiro atoms. The molecule has 12 aromatic rings. The lowest BCUT2D eigenvalue weighted by Crippen LogP contribution is -2.00. The van der Waals surface area contributed by atoms with Crippen LogP contribution in [0.1, 0.15) is 0 Å². The molecule has 266 valence electrons. The molecule has 0 N–H and O–H groups in total. The van der Waals surface area contributed by atoms with Gasteiger partial charge in [0.2, 0.25) is 0 Å². The van der Waals surface area contributed by atoms with Gasteiger partial charge in [0.1, 0.15) is 22.3 Å². The molecule has 0 aliphatic carbocycles. The Balaban J connectivity index is 1.02. The van der Waals surface area contributed by atoms with Crippen LogP contribution in [-0.4, -0.2) is 15.0 Å². The SMILES string of the molecule is c1ccc(-c2nc(-c3ccccc3)nc(-c3cccc4oc5ccc(-c6cccc7oc8ccc(-c9ccc%10c(c9)sc9ccccc9%10)cc8c67)cc5c34)n2)cc1. The van der Waals surface area contributed by atoms with E-state index in [-0.39, 0.29) is 0 Å². The van der Waals surface area contributed by atoms with E-state index in [0.717, 1.165) is 77.3 Å². The summed E-state index contributed by atoms with van der Waals surface area (Å²) in [6, 6.07) is 60.9. The zero-order chi connectivity index (χ0) is 37.5. The van der Waals surface area contributed by atoms with Crippen molar-refractivity contribution in [3.8, 4) is 56.4 Å². The molecule has 4 heterocycles. The summed E-state index contributed by atoms with van der Waals surface area (Å²) in [6.45, 7) is 0. The third-order valence-corrected chi connectivity index (χ3v) is 12.1. The number of hydrogen-bond acceptors (Lipinski definition) is 6. The van der Waals surface area contributed by atoms with Crippen molar-refractivity contribution in [2.45, 2.75) is 0 Å². The lowest BCUT2D eigenvalue weighted by molar-refractivity contribution is 0.669. The summed E-state index contributed by atoms with van der Waals surface area (Å²) in [5, 5.41) is 6.72. The zero-order valence-electron chi connectivity index (χ0n) is 30.3. The number of hydrogen-bond donors (Lipinski definition) is 0. The molecule has 8 aromatic carbocycles. The van der Waals surface area contributed by atoms with E-state index < -0.39 is 0 Å². The Kier molecular flexibility index (Phi) is 7.03. The van der Waals surface area contributed by atoms with Crippen LogP contribution in [0, 0.1) is 0 Å². The number of benzene rings is 8. The summed E-state index contributed by atoms with van der Waals surface area (Å²) in [4.78, 5) is 15.1. The minimum atomic E-state index is 0.589. The summed E-state index contributed by atoms with van der Waals surface area (Å²) in [5.74, 6) is 1.82. The topological polar surface area (TPSA) is 65.0 Å². The van der Waals surface area contributed by atoms with Crippen molar-refractivity contribution in [2.75, 3.05) is 0 Å². The summed E-state index contributed by atoms with van der Waals surface area (Å²) in [5.41, 5.74) is 10.5. The Morgan fingerprint density at radius 1 is 0.316 bits per heavy atom. The molecule has 0 amide bonds. The average molecular weight is 748 g/mol. The predicted molar refractivity (Wildman–Crippen MR) is 234 cm³/mol. The summed E-state index contributed by atoms with van der Waals surface area (Å²) >= 11 is 1.84. The van der Waals surface area contributed by atoms with Gasteiger partial charge in [-0.1, -0.05) is 127 Å². The quantitative estimate of drug-likeness (QED) is 0.175. The molecule has 0 aliphatic rings. The average Bonchev–Trinajstić information content (AvgIpc) is 3.97. The second kappa shape index (κ2) is 12.6. The molecule has 0 fully saturated rings. The second-order valence-electron chi connectivity index (χ2n) is 14.3. The molecule has 0 saturated heterocycles. The molecular formula is C51H29N3O2S. The van der Waals surface area contributed by atoms with E-state index in [1.54, 1.807) is 0 Å². The van der Waals surface area contributed by atoms with Gasteiger partial charge in [-0.2, -0.15) is 0 Å². The molecule has 0 saturated carbocycles. The van der Waals surface area contributed by atoms with Crippen molar-refractivity contribution in [1.29, 1.82) is 0 Å². The minimum Gasteiger partial charge on any atom is -0.456 e. The van der Waals surface area contributed by atoms with Crippen LogP contribution in [0.15, 0.2) is 185 Å². The molecule has 0 unspecified atom stereocenters. The smallest absolute Gasteiger partial charge is 0.164 e. The van der Waals surface area contributed by atoms with E-state index in [1.807, 2.05) is 84.1 Å². The number of nitrogens with zero attached hydrogens (tertiary/aromatic N) is 3. The molecule has 5 nitrogen and oxygen atoms in total. The van der Waals surface area contributed by atoms with Gasteiger partial charge in [-0.25, -0.2) is 15.0 Å². The van der Waals surface area contributed by atoms with Crippen LogP contribution in [0.4, 0.5) is 0 Å². The third kappa shape index (κ3) is 5.19. The third-order valence-electron chi connectivity index (χ3n) is 11.0. The Bertz CT molecular complexity index is 3470. The van der Waals surface area contributed by atoms with Gasteiger partial charge < -0.3 is 8.83 Å². The molecule has 57 heavy (non-hydrogen) atoms. The molecular weight excluding hydrogens is 719 g/mol. The first-order chi connectivity index (χ1) is 28.2. The first-order valence-corrected chi connectivity index (χ1v) is 19.7. The van der Waals surface area contributed by atoms with E-state index in [1.165, 1.54) is 25.7 Å². The maximum Gasteiger partial charge on any atom is 0.164 e. The lowest BCUT2D eigenvalue weighted by Gasteiger charge is -2.09. The highest BCUT2D eigenvalue weighted by Gasteiger charge is 2.20. The Morgan fingerprint density at radius 3 is 1.54 bits per heavy atom. The Hall–Kier alpha value is -7.41. The van der Waals surface area contributed by atoms with Crippen LogP contribution in [0.3, 0.4) is 0 Å². The first kappa shape index (κ1) is 31.9. The highest BCUT2D eigenvalue weighted by atomic mass is 32.1. The van der Waals surface area contributed by atoms with Crippen LogP contribution in [0.25, 0.3) is 120 Å². The largest absolute Gasteiger partial charge is 0.456 e. The zero-order valence-corrected chi connectivity index (χ0v) is 31.1. The Morgan fingerprint density at radius 2 is 0.842 bits per heavy atom. The van der Waals surface area contributed by atoms with Crippen molar-refractivity contribution in [3.05, 3.63) is 176 Å². The van der Waals surface area contributed by atoms with E-state index in [0.29, 0.717) is 17.5 Å². The van der Waals surface area contributed by atoms with Crippen molar-refractivity contribution in [2.24, 2.45) is 0 Å². The fourth-order valence-electron chi connectivity index (χ4n) is 8.26. The molecule has 0 radical (unpaired) electrons. The fraction of sp³-hybridized carbons (Fsp3) is 0. The van der Waals surface area contributed by atoms with Crippen molar-refractivity contribution < 1.29 is 8.83 Å². The second-order valence-corrected chi connectivity index (χ2v) is 15.4.